The molecule has 0 amide bonds. The van der Waals surface area contributed by atoms with Crippen LogP contribution < -0.4 is 0 Å². The van der Waals surface area contributed by atoms with E-state index < -0.39 is 12.6 Å². The van der Waals surface area contributed by atoms with Crippen molar-refractivity contribution in [3.05, 3.63) is 0 Å². The lowest BCUT2D eigenvalue weighted by molar-refractivity contribution is -0.210. The monoisotopic (exact) mass is 148 g/mol. The average molecular weight is 148 g/mol. The van der Waals surface area contributed by atoms with Gasteiger partial charge in [0.25, 0.3) is 0 Å². The van der Waals surface area contributed by atoms with Gasteiger partial charge in [-0.1, -0.05) is 6.92 Å². The van der Waals surface area contributed by atoms with E-state index in [2.05, 4.69) is 0 Å². The summed E-state index contributed by atoms with van der Waals surface area (Å²) in [6.45, 7) is 2.42. The van der Waals surface area contributed by atoms with Crippen LogP contribution >= 0.6 is 0 Å². The van der Waals surface area contributed by atoms with Crippen molar-refractivity contribution in [2.45, 2.75) is 32.0 Å². The molecular weight excluding hydrogens is 136 g/mol. The first-order valence-corrected chi connectivity index (χ1v) is 3.37. The van der Waals surface area contributed by atoms with E-state index in [-0.39, 0.29) is 6.10 Å². The summed E-state index contributed by atoms with van der Waals surface area (Å²) in [5, 5.41) is 17.1. The van der Waals surface area contributed by atoms with E-state index in [1.165, 1.54) is 0 Å². The molecule has 0 aliphatic carbocycles. The maximum absolute atomic E-state index is 8.57. The summed E-state index contributed by atoms with van der Waals surface area (Å²) >= 11 is 0. The SMILES string of the molecule is CCC1COC(C(O)O)O1. The van der Waals surface area contributed by atoms with Crippen LogP contribution in [0.5, 0.6) is 0 Å². The fourth-order valence-electron chi connectivity index (χ4n) is 0.841. The second-order valence-corrected chi connectivity index (χ2v) is 2.28. The Balaban J connectivity index is 2.28. The molecule has 2 unspecified atom stereocenters. The van der Waals surface area contributed by atoms with Crippen molar-refractivity contribution in [3.8, 4) is 0 Å². The van der Waals surface area contributed by atoms with Crippen molar-refractivity contribution in [2.24, 2.45) is 0 Å². The lowest BCUT2D eigenvalue weighted by atomic mass is 10.3. The highest BCUT2D eigenvalue weighted by Gasteiger charge is 2.29. The number of hydrogen-bond donors (Lipinski definition) is 2. The van der Waals surface area contributed by atoms with E-state index in [1.807, 2.05) is 6.92 Å². The smallest absolute Gasteiger partial charge is 0.209 e. The fourth-order valence-corrected chi connectivity index (χ4v) is 0.841. The molecule has 0 saturated carbocycles. The Morgan fingerprint density at radius 3 is 2.60 bits per heavy atom. The molecule has 0 spiro atoms. The Labute approximate surface area is 59.4 Å². The number of rotatable bonds is 2. The topological polar surface area (TPSA) is 58.9 Å². The molecule has 2 atom stereocenters. The molecule has 10 heavy (non-hydrogen) atoms. The molecule has 4 heteroatoms. The summed E-state index contributed by atoms with van der Waals surface area (Å²) in [6.07, 6.45) is -1.50. The summed E-state index contributed by atoms with van der Waals surface area (Å²) < 4.78 is 9.95. The lowest BCUT2D eigenvalue weighted by Gasteiger charge is -2.11. The van der Waals surface area contributed by atoms with Gasteiger partial charge in [0.05, 0.1) is 12.7 Å². The predicted octanol–water partition coefficient (Wildman–Crippen LogP) is -0.551. The van der Waals surface area contributed by atoms with Gasteiger partial charge in [-0.25, -0.2) is 0 Å². The molecule has 60 valence electrons. The van der Waals surface area contributed by atoms with Gasteiger partial charge in [-0.05, 0) is 6.42 Å². The first kappa shape index (κ1) is 7.94. The Hall–Kier alpha value is -0.160. The third-order valence-electron chi connectivity index (χ3n) is 1.47. The van der Waals surface area contributed by atoms with Crippen LogP contribution in [0.2, 0.25) is 0 Å². The average Bonchev–Trinajstić information content (AvgIpc) is 2.34. The van der Waals surface area contributed by atoms with Crippen molar-refractivity contribution in [1.29, 1.82) is 0 Å². The number of aliphatic hydroxyl groups is 2. The van der Waals surface area contributed by atoms with Crippen LogP contribution in [0.3, 0.4) is 0 Å². The van der Waals surface area contributed by atoms with Gasteiger partial charge in [-0.3, -0.25) is 0 Å². The minimum absolute atomic E-state index is 0.0202. The maximum Gasteiger partial charge on any atom is 0.209 e. The van der Waals surface area contributed by atoms with Gasteiger partial charge in [0.15, 0.2) is 0 Å². The largest absolute Gasteiger partial charge is 0.364 e. The van der Waals surface area contributed by atoms with Crippen molar-refractivity contribution in [1.82, 2.24) is 0 Å². The zero-order valence-electron chi connectivity index (χ0n) is 5.86. The van der Waals surface area contributed by atoms with Gasteiger partial charge < -0.3 is 19.7 Å². The van der Waals surface area contributed by atoms with E-state index in [0.717, 1.165) is 6.42 Å². The van der Waals surface area contributed by atoms with Gasteiger partial charge >= 0.3 is 0 Å². The Morgan fingerprint density at radius 1 is 1.60 bits per heavy atom. The second kappa shape index (κ2) is 3.30. The van der Waals surface area contributed by atoms with Crippen LogP contribution in [0, 0.1) is 0 Å². The van der Waals surface area contributed by atoms with E-state index in [1.54, 1.807) is 0 Å². The third-order valence-corrected chi connectivity index (χ3v) is 1.47. The van der Waals surface area contributed by atoms with Crippen LogP contribution in [-0.2, 0) is 9.47 Å². The molecule has 1 saturated heterocycles. The normalized spacial score (nSPS) is 33.6. The van der Waals surface area contributed by atoms with Crippen LogP contribution in [0.25, 0.3) is 0 Å². The predicted molar refractivity (Wildman–Crippen MR) is 33.1 cm³/mol. The van der Waals surface area contributed by atoms with E-state index in [9.17, 15) is 0 Å². The van der Waals surface area contributed by atoms with E-state index >= 15 is 0 Å². The maximum atomic E-state index is 8.57. The Bertz CT molecular complexity index is 104. The molecule has 1 heterocycles. The fraction of sp³-hybridized carbons (Fsp3) is 1.00. The molecule has 1 aliphatic rings. The quantitative estimate of drug-likeness (QED) is 0.516. The molecule has 0 radical (unpaired) electrons. The molecule has 0 aromatic carbocycles. The van der Waals surface area contributed by atoms with Gasteiger partial charge in [0, 0.05) is 0 Å². The Morgan fingerprint density at radius 2 is 2.30 bits per heavy atom. The van der Waals surface area contributed by atoms with Gasteiger partial charge in [-0.15, -0.1) is 0 Å². The van der Waals surface area contributed by atoms with Crippen molar-refractivity contribution in [3.63, 3.8) is 0 Å². The molecule has 1 fully saturated rings. The standard InChI is InChI=1S/C6H12O4/c1-2-4-3-9-6(10-4)5(7)8/h4-8H,2-3H2,1H3. The van der Waals surface area contributed by atoms with Crippen LogP contribution in [0.15, 0.2) is 0 Å². The zero-order chi connectivity index (χ0) is 7.56. The third kappa shape index (κ3) is 1.67. The van der Waals surface area contributed by atoms with E-state index in [4.69, 9.17) is 19.7 Å². The van der Waals surface area contributed by atoms with Crippen LogP contribution in [0.4, 0.5) is 0 Å². The van der Waals surface area contributed by atoms with Gasteiger partial charge in [-0.2, -0.15) is 0 Å². The summed E-state index contributed by atoms with van der Waals surface area (Å²) in [5.74, 6) is 0. The molecule has 4 nitrogen and oxygen atoms in total. The first-order valence-electron chi connectivity index (χ1n) is 3.37. The molecule has 0 aromatic heterocycles. The van der Waals surface area contributed by atoms with Crippen molar-refractivity contribution < 1.29 is 19.7 Å². The summed E-state index contributed by atoms with van der Waals surface area (Å²) in [5.41, 5.74) is 0. The second-order valence-electron chi connectivity index (χ2n) is 2.28. The summed E-state index contributed by atoms with van der Waals surface area (Å²) in [6, 6.07) is 0. The van der Waals surface area contributed by atoms with Crippen LogP contribution in [0.1, 0.15) is 13.3 Å². The first-order chi connectivity index (χ1) is 4.74. The van der Waals surface area contributed by atoms with Crippen LogP contribution in [-0.4, -0.2) is 35.5 Å². The van der Waals surface area contributed by atoms with Gasteiger partial charge in [0.2, 0.25) is 12.6 Å². The zero-order valence-corrected chi connectivity index (χ0v) is 5.86. The van der Waals surface area contributed by atoms with Crippen molar-refractivity contribution >= 4 is 0 Å². The minimum Gasteiger partial charge on any atom is -0.364 e. The molecular formula is C6H12O4. The molecule has 0 aromatic rings. The van der Waals surface area contributed by atoms with Gasteiger partial charge in [0.1, 0.15) is 0 Å². The summed E-state index contributed by atoms with van der Waals surface area (Å²) in [7, 11) is 0. The molecule has 2 N–H and O–H groups in total. The Kier molecular flexibility index (Phi) is 2.62. The summed E-state index contributed by atoms with van der Waals surface area (Å²) in [4.78, 5) is 0. The lowest BCUT2D eigenvalue weighted by Crippen LogP contribution is -2.26. The number of hydrogen-bond acceptors (Lipinski definition) is 4. The molecule has 1 aliphatic heterocycles. The minimum atomic E-state index is -1.52. The number of ether oxygens (including phenoxy) is 2. The van der Waals surface area contributed by atoms with E-state index in [0.29, 0.717) is 6.61 Å². The number of aliphatic hydroxyl groups excluding tert-OH is 1. The molecule has 0 bridgehead atoms. The highest BCUT2D eigenvalue weighted by atomic mass is 16.7. The molecule has 1 rings (SSSR count). The highest BCUT2D eigenvalue weighted by molar-refractivity contribution is 4.63. The highest BCUT2D eigenvalue weighted by Crippen LogP contribution is 2.15. The van der Waals surface area contributed by atoms with Crippen molar-refractivity contribution in [2.75, 3.05) is 6.61 Å².